The van der Waals surface area contributed by atoms with Crippen molar-refractivity contribution in [3.05, 3.63) is 45.5 Å². The molecule has 8 nitrogen and oxygen atoms in total. The quantitative estimate of drug-likeness (QED) is 0.403. The number of thiazole rings is 1. The number of aryl methyl sites for hydroxylation is 1. The van der Waals surface area contributed by atoms with E-state index >= 15 is 0 Å². The number of aromatic nitrogens is 4. The number of hydrogen-bond donors (Lipinski definition) is 4. The molecule has 0 bridgehead atoms. The minimum absolute atomic E-state index is 0.0552. The molecular weight excluding hydrogens is 400 g/mol. The van der Waals surface area contributed by atoms with Crippen molar-refractivity contribution < 1.29 is 4.79 Å². The number of benzene rings is 1. The van der Waals surface area contributed by atoms with Gasteiger partial charge in [-0.2, -0.15) is 0 Å². The Morgan fingerprint density at radius 3 is 2.97 bits per heavy atom. The van der Waals surface area contributed by atoms with Crippen LogP contribution in [0.5, 0.6) is 0 Å². The average molecular weight is 423 g/mol. The summed E-state index contributed by atoms with van der Waals surface area (Å²) in [6.07, 6.45) is 3.82. The fraction of sp³-hybridized carbons (Fsp3) is 0.333. The molecular formula is C21H22N6O2S. The highest BCUT2D eigenvalue weighted by molar-refractivity contribution is 7.16. The van der Waals surface area contributed by atoms with Crippen LogP contribution >= 0.6 is 11.3 Å². The van der Waals surface area contributed by atoms with Crippen LogP contribution in [0.3, 0.4) is 0 Å². The van der Waals surface area contributed by atoms with Crippen molar-refractivity contribution in [3.8, 4) is 0 Å². The molecule has 0 radical (unpaired) electrons. The van der Waals surface area contributed by atoms with Crippen LogP contribution in [0.4, 0.5) is 11.5 Å². The summed E-state index contributed by atoms with van der Waals surface area (Å²) in [5.74, 6) is 0.745. The number of rotatable bonds is 4. The van der Waals surface area contributed by atoms with Crippen LogP contribution in [0.15, 0.2) is 29.3 Å². The Kier molecular flexibility index (Phi) is 4.54. The first kappa shape index (κ1) is 18.8. The van der Waals surface area contributed by atoms with Gasteiger partial charge in [0.25, 0.3) is 0 Å². The first-order valence-corrected chi connectivity index (χ1v) is 10.8. The standard InChI is InChI=1S/C21H22N6O2S/c1-10(2)24-20(28)11-3-5-14-13(7-11)17-18(22-9-23-19(17)26-14)25-12-4-6-15-16(8-12)30-21(29)27-15/h4,6,8-11H,3,5,7H2,1-2H3,(H,24,28)(H,27,29)(H2,22,23,25,26). The predicted molar refractivity (Wildman–Crippen MR) is 118 cm³/mol. The molecule has 1 aliphatic carbocycles. The number of carbonyl (C=O) groups is 1. The minimum Gasteiger partial charge on any atom is -0.354 e. The summed E-state index contributed by atoms with van der Waals surface area (Å²) in [4.78, 5) is 39.2. The number of aromatic amines is 2. The van der Waals surface area contributed by atoms with Crippen LogP contribution in [0.25, 0.3) is 21.3 Å². The smallest absolute Gasteiger partial charge is 0.305 e. The van der Waals surface area contributed by atoms with Gasteiger partial charge in [0.15, 0.2) is 0 Å². The Labute approximate surface area is 176 Å². The molecule has 1 amide bonds. The maximum atomic E-state index is 12.6. The van der Waals surface area contributed by atoms with Crippen molar-refractivity contribution in [2.75, 3.05) is 5.32 Å². The number of H-pyrrole nitrogens is 2. The average Bonchev–Trinajstić information content (AvgIpc) is 3.26. The first-order valence-electron chi connectivity index (χ1n) is 10.0. The highest BCUT2D eigenvalue weighted by Crippen LogP contribution is 2.35. The Balaban J connectivity index is 1.51. The molecule has 1 unspecified atom stereocenters. The van der Waals surface area contributed by atoms with E-state index in [-0.39, 0.29) is 22.7 Å². The molecule has 154 valence electrons. The Hall–Kier alpha value is -3.20. The zero-order valence-corrected chi connectivity index (χ0v) is 17.5. The van der Waals surface area contributed by atoms with E-state index in [9.17, 15) is 9.59 Å². The zero-order chi connectivity index (χ0) is 20.8. The van der Waals surface area contributed by atoms with Gasteiger partial charge in [-0.05, 0) is 56.9 Å². The van der Waals surface area contributed by atoms with Crippen molar-refractivity contribution in [1.29, 1.82) is 0 Å². The van der Waals surface area contributed by atoms with Crippen molar-refractivity contribution in [3.63, 3.8) is 0 Å². The molecule has 4 N–H and O–H groups in total. The second-order valence-electron chi connectivity index (χ2n) is 7.98. The van der Waals surface area contributed by atoms with E-state index in [0.717, 1.165) is 51.0 Å². The number of amides is 1. The molecule has 1 aromatic carbocycles. The predicted octanol–water partition coefficient (Wildman–Crippen LogP) is 3.23. The summed E-state index contributed by atoms with van der Waals surface area (Å²) in [5.41, 5.74) is 4.67. The van der Waals surface area contributed by atoms with E-state index in [1.807, 2.05) is 32.0 Å². The van der Waals surface area contributed by atoms with Crippen molar-refractivity contribution >= 4 is 50.0 Å². The normalized spacial score (nSPS) is 16.2. The summed E-state index contributed by atoms with van der Waals surface area (Å²) < 4.78 is 0.886. The van der Waals surface area contributed by atoms with Gasteiger partial charge in [0.1, 0.15) is 17.8 Å². The van der Waals surface area contributed by atoms with E-state index in [4.69, 9.17) is 0 Å². The second kappa shape index (κ2) is 7.24. The van der Waals surface area contributed by atoms with Gasteiger partial charge in [-0.3, -0.25) is 9.59 Å². The molecule has 3 aromatic heterocycles. The molecule has 9 heteroatoms. The molecule has 0 saturated carbocycles. The minimum atomic E-state index is -0.0722. The zero-order valence-electron chi connectivity index (χ0n) is 16.7. The molecule has 0 spiro atoms. The maximum Gasteiger partial charge on any atom is 0.305 e. The summed E-state index contributed by atoms with van der Waals surface area (Å²) in [6, 6.07) is 5.86. The lowest BCUT2D eigenvalue weighted by Crippen LogP contribution is -2.37. The number of anilines is 2. The Bertz CT molecular complexity index is 1320. The molecule has 1 aliphatic rings. The van der Waals surface area contributed by atoms with Crippen molar-refractivity contribution in [2.45, 2.75) is 39.2 Å². The lowest BCUT2D eigenvalue weighted by molar-refractivity contribution is -0.125. The molecule has 4 aromatic rings. The molecule has 30 heavy (non-hydrogen) atoms. The van der Waals surface area contributed by atoms with Crippen molar-refractivity contribution in [2.24, 2.45) is 5.92 Å². The molecule has 0 fully saturated rings. The van der Waals surface area contributed by atoms with Gasteiger partial charge in [0.05, 0.1) is 15.6 Å². The lowest BCUT2D eigenvalue weighted by Gasteiger charge is -2.23. The number of nitrogens with zero attached hydrogens (tertiary/aromatic N) is 2. The fourth-order valence-corrected chi connectivity index (χ4v) is 4.90. The molecule has 3 heterocycles. The maximum absolute atomic E-state index is 12.6. The van der Waals surface area contributed by atoms with Gasteiger partial charge in [0, 0.05) is 23.3 Å². The number of carbonyl (C=O) groups excluding carboxylic acids is 1. The van der Waals surface area contributed by atoms with Gasteiger partial charge in [-0.25, -0.2) is 9.97 Å². The van der Waals surface area contributed by atoms with Crippen LogP contribution < -0.4 is 15.5 Å². The first-order chi connectivity index (χ1) is 14.5. The third-order valence-corrected chi connectivity index (χ3v) is 6.31. The van der Waals surface area contributed by atoms with Gasteiger partial charge in [-0.15, -0.1) is 0 Å². The molecule has 0 aliphatic heterocycles. The SMILES string of the molecule is CC(C)NC(=O)C1CCc2[nH]c3ncnc(Nc4ccc5[nH]c(=O)sc5c4)c3c2C1. The van der Waals surface area contributed by atoms with E-state index in [0.29, 0.717) is 12.2 Å². The van der Waals surface area contributed by atoms with E-state index < -0.39 is 0 Å². The highest BCUT2D eigenvalue weighted by Gasteiger charge is 2.29. The second-order valence-corrected chi connectivity index (χ2v) is 9.00. The monoisotopic (exact) mass is 422 g/mol. The Morgan fingerprint density at radius 2 is 2.13 bits per heavy atom. The third-order valence-electron chi connectivity index (χ3n) is 5.46. The van der Waals surface area contributed by atoms with E-state index in [2.05, 4.69) is 30.6 Å². The summed E-state index contributed by atoms with van der Waals surface area (Å²) in [6.45, 7) is 3.96. The van der Waals surface area contributed by atoms with Crippen LogP contribution in [-0.2, 0) is 17.6 Å². The largest absolute Gasteiger partial charge is 0.354 e. The molecule has 0 saturated heterocycles. The van der Waals surface area contributed by atoms with Crippen LogP contribution in [0.2, 0.25) is 0 Å². The Morgan fingerprint density at radius 1 is 1.27 bits per heavy atom. The summed E-state index contributed by atoms with van der Waals surface area (Å²) in [7, 11) is 0. The third kappa shape index (κ3) is 3.35. The lowest BCUT2D eigenvalue weighted by atomic mass is 9.86. The van der Waals surface area contributed by atoms with Gasteiger partial charge in [-0.1, -0.05) is 11.3 Å². The summed E-state index contributed by atoms with van der Waals surface area (Å²) >= 11 is 1.18. The van der Waals surface area contributed by atoms with Crippen LogP contribution in [-0.4, -0.2) is 31.9 Å². The van der Waals surface area contributed by atoms with Gasteiger partial charge < -0.3 is 20.6 Å². The molecule has 1 atom stereocenters. The van der Waals surface area contributed by atoms with Gasteiger partial charge >= 0.3 is 4.87 Å². The summed E-state index contributed by atoms with van der Waals surface area (Å²) in [5, 5.41) is 7.34. The number of hydrogen-bond acceptors (Lipinski definition) is 6. The number of nitrogens with one attached hydrogen (secondary N) is 4. The van der Waals surface area contributed by atoms with Gasteiger partial charge in [0.2, 0.25) is 5.91 Å². The van der Waals surface area contributed by atoms with E-state index in [1.165, 1.54) is 17.7 Å². The van der Waals surface area contributed by atoms with Crippen LogP contribution in [0.1, 0.15) is 31.5 Å². The topological polar surface area (TPSA) is 116 Å². The highest BCUT2D eigenvalue weighted by atomic mass is 32.1. The van der Waals surface area contributed by atoms with Crippen molar-refractivity contribution in [1.82, 2.24) is 25.3 Å². The molecule has 5 rings (SSSR count). The van der Waals surface area contributed by atoms with E-state index in [1.54, 1.807) is 0 Å². The number of fused-ring (bicyclic) bond motifs is 4. The fourth-order valence-electron chi connectivity index (χ4n) is 4.12. The van der Waals surface area contributed by atoms with Crippen LogP contribution in [0, 0.1) is 5.92 Å².